The minimum Gasteiger partial charge on any atom is -0.480 e. The van der Waals surface area contributed by atoms with E-state index >= 15 is 0 Å². The third-order valence-electron chi connectivity index (χ3n) is 2.49. The van der Waals surface area contributed by atoms with Crippen molar-refractivity contribution >= 4 is 23.2 Å². The molecule has 2 aromatic rings. The molecule has 0 saturated heterocycles. The molecule has 0 unspecified atom stereocenters. The van der Waals surface area contributed by atoms with Crippen molar-refractivity contribution in [2.75, 3.05) is 19.0 Å². The molecule has 1 N–H and O–H groups in total. The van der Waals surface area contributed by atoms with E-state index in [-0.39, 0.29) is 17.7 Å². The molecule has 20 heavy (non-hydrogen) atoms. The molecule has 0 fully saturated rings. The van der Waals surface area contributed by atoms with Gasteiger partial charge in [0.1, 0.15) is 5.82 Å². The van der Waals surface area contributed by atoms with Crippen LogP contribution in [0.2, 0.25) is 5.28 Å². The Morgan fingerprint density at radius 3 is 2.75 bits per heavy atom. The molecule has 0 amide bonds. The van der Waals surface area contributed by atoms with Gasteiger partial charge in [-0.25, -0.2) is 9.37 Å². The lowest BCUT2D eigenvalue weighted by Gasteiger charge is -2.09. The van der Waals surface area contributed by atoms with Crippen molar-refractivity contribution in [3.63, 3.8) is 0 Å². The van der Waals surface area contributed by atoms with Crippen molar-refractivity contribution in [2.45, 2.75) is 0 Å². The maximum atomic E-state index is 12.8. The Labute approximate surface area is 119 Å². The maximum absolute atomic E-state index is 12.8. The van der Waals surface area contributed by atoms with E-state index in [1.807, 2.05) is 0 Å². The van der Waals surface area contributed by atoms with E-state index in [9.17, 15) is 9.18 Å². The summed E-state index contributed by atoms with van der Waals surface area (Å²) in [5, 5.41) is 2.86. The molecule has 0 aliphatic heterocycles. The molecule has 104 valence electrons. The summed E-state index contributed by atoms with van der Waals surface area (Å²) in [5.41, 5.74) is 0.368. The fourth-order valence-corrected chi connectivity index (χ4v) is 1.63. The van der Waals surface area contributed by atoms with Gasteiger partial charge in [0.15, 0.2) is 24.0 Å². The number of nitrogens with zero attached hydrogens (tertiary/aromatic N) is 2. The first-order valence-electron chi connectivity index (χ1n) is 5.72. The summed E-state index contributed by atoms with van der Waals surface area (Å²) in [6.07, 6.45) is 1.37. The van der Waals surface area contributed by atoms with Gasteiger partial charge in [-0.1, -0.05) is 0 Å². The fourth-order valence-electron chi connectivity index (χ4n) is 1.50. The Bertz CT molecular complexity index is 620. The van der Waals surface area contributed by atoms with Crippen LogP contribution in [0.1, 0.15) is 10.4 Å². The van der Waals surface area contributed by atoms with E-state index in [1.165, 1.54) is 30.5 Å². The second-order valence-corrected chi connectivity index (χ2v) is 4.16. The van der Waals surface area contributed by atoms with E-state index in [0.29, 0.717) is 17.1 Å². The molecular weight excluding hydrogens is 285 g/mol. The second-order valence-electron chi connectivity index (χ2n) is 3.82. The molecule has 0 spiro atoms. The number of hydrogen-bond donors (Lipinski definition) is 1. The highest BCUT2D eigenvalue weighted by molar-refractivity contribution is 6.28. The number of Topliss-reactive ketones (excluding diaryl/α,β-unsaturated/α-hetero) is 1. The molecule has 0 radical (unpaired) electrons. The normalized spacial score (nSPS) is 10.2. The number of hydrogen-bond acceptors (Lipinski definition) is 5. The Morgan fingerprint density at radius 2 is 2.10 bits per heavy atom. The smallest absolute Gasteiger partial charge is 0.224 e. The number of benzene rings is 1. The minimum absolute atomic E-state index is 0.0755. The van der Waals surface area contributed by atoms with E-state index < -0.39 is 5.82 Å². The summed E-state index contributed by atoms with van der Waals surface area (Å²) in [4.78, 5) is 19.6. The Hall–Kier alpha value is -2.21. The fraction of sp³-hybridized carbons (Fsp3) is 0.154. The van der Waals surface area contributed by atoms with Crippen molar-refractivity contribution in [3.05, 3.63) is 47.1 Å². The molecule has 1 aromatic heterocycles. The number of halogens is 2. The van der Waals surface area contributed by atoms with Gasteiger partial charge in [0, 0.05) is 12.6 Å². The van der Waals surface area contributed by atoms with Gasteiger partial charge < -0.3 is 10.1 Å². The van der Waals surface area contributed by atoms with Gasteiger partial charge >= 0.3 is 0 Å². The van der Waals surface area contributed by atoms with Crippen molar-refractivity contribution in [1.82, 2.24) is 9.97 Å². The van der Waals surface area contributed by atoms with Crippen LogP contribution in [-0.2, 0) is 0 Å². The Kier molecular flexibility index (Phi) is 4.47. The van der Waals surface area contributed by atoms with Crippen molar-refractivity contribution in [2.24, 2.45) is 0 Å². The first kappa shape index (κ1) is 14.2. The van der Waals surface area contributed by atoms with Gasteiger partial charge in [0.25, 0.3) is 0 Å². The summed E-state index contributed by atoms with van der Waals surface area (Å²) in [7, 11) is 1.65. The average Bonchev–Trinajstić information content (AvgIpc) is 2.46. The number of ketones is 1. The lowest BCUT2D eigenvalue weighted by molar-refractivity contribution is 0.0921. The van der Waals surface area contributed by atoms with Crippen LogP contribution in [-0.4, -0.2) is 29.4 Å². The van der Waals surface area contributed by atoms with Gasteiger partial charge in [0.2, 0.25) is 5.28 Å². The quantitative estimate of drug-likeness (QED) is 0.678. The van der Waals surface area contributed by atoms with E-state index in [0.717, 1.165) is 0 Å². The highest BCUT2D eigenvalue weighted by Gasteiger charge is 2.10. The zero-order valence-electron chi connectivity index (χ0n) is 10.6. The summed E-state index contributed by atoms with van der Waals surface area (Å²) in [6, 6.07) is 5.24. The number of ether oxygens (including phenoxy) is 1. The largest absolute Gasteiger partial charge is 0.480 e. The summed E-state index contributed by atoms with van der Waals surface area (Å²) < 4.78 is 18.1. The third-order valence-corrected chi connectivity index (χ3v) is 2.67. The van der Waals surface area contributed by atoms with Gasteiger partial charge in [-0.2, -0.15) is 4.98 Å². The van der Waals surface area contributed by atoms with Crippen LogP contribution in [0.15, 0.2) is 30.5 Å². The number of nitrogens with one attached hydrogen (secondary N) is 1. The molecular formula is C13H11ClFN3O2. The summed E-state index contributed by atoms with van der Waals surface area (Å²) >= 11 is 5.65. The number of aromatic nitrogens is 2. The van der Waals surface area contributed by atoms with Crippen LogP contribution in [0.25, 0.3) is 0 Å². The number of anilines is 1. The zero-order chi connectivity index (χ0) is 14.5. The predicted octanol–water partition coefficient (Wildman–Crippen LogP) is 2.57. The lowest BCUT2D eigenvalue weighted by Crippen LogP contribution is -2.13. The number of rotatable bonds is 5. The highest BCUT2D eigenvalue weighted by Crippen LogP contribution is 2.21. The molecule has 2 rings (SSSR count). The van der Waals surface area contributed by atoms with Crippen LogP contribution in [0.4, 0.5) is 10.2 Å². The Balaban J connectivity index is 2.05. The molecule has 0 saturated carbocycles. The Morgan fingerprint density at radius 1 is 1.40 bits per heavy atom. The first-order valence-corrected chi connectivity index (χ1v) is 6.10. The van der Waals surface area contributed by atoms with Gasteiger partial charge in [-0.3, -0.25) is 4.79 Å². The average molecular weight is 296 g/mol. The van der Waals surface area contributed by atoms with Gasteiger partial charge in [-0.05, 0) is 35.9 Å². The SMILES string of the molecule is CNc1nc(Cl)ncc1OCC(=O)c1ccc(F)cc1. The highest BCUT2D eigenvalue weighted by atomic mass is 35.5. The molecule has 7 heteroatoms. The van der Waals surface area contributed by atoms with Crippen LogP contribution >= 0.6 is 11.6 Å². The molecule has 5 nitrogen and oxygen atoms in total. The summed E-state index contributed by atoms with van der Waals surface area (Å²) in [6.45, 7) is -0.203. The molecule has 0 atom stereocenters. The standard InChI is InChI=1S/C13H11ClFN3O2/c1-16-12-11(6-17-13(14)18-12)20-7-10(19)8-2-4-9(15)5-3-8/h2-6H,7H2,1H3,(H,16,17,18). The molecule has 0 bridgehead atoms. The van der Waals surface area contributed by atoms with Crippen LogP contribution in [0, 0.1) is 5.82 Å². The van der Waals surface area contributed by atoms with Crippen molar-refractivity contribution < 1.29 is 13.9 Å². The van der Waals surface area contributed by atoms with E-state index in [2.05, 4.69) is 15.3 Å². The van der Waals surface area contributed by atoms with Gasteiger partial charge in [-0.15, -0.1) is 0 Å². The van der Waals surface area contributed by atoms with Crippen molar-refractivity contribution in [3.8, 4) is 5.75 Å². The molecule has 0 aliphatic carbocycles. The second kappa shape index (κ2) is 6.29. The van der Waals surface area contributed by atoms with Crippen LogP contribution < -0.4 is 10.1 Å². The number of carbonyl (C=O) groups excluding carboxylic acids is 1. The summed E-state index contributed by atoms with van der Waals surface area (Å²) in [5.74, 6) is 0.0253. The van der Waals surface area contributed by atoms with Gasteiger partial charge in [0.05, 0.1) is 6.20 Å². The molecule has 1 aromatic carbocycles. The van der Waals surface area contributed by atoms with E-state index in [4.69, 9.17) is 16.3 Å². The monoisotopic (exact) mass is 295 g/mol. The minimum atomic E-state index is -0.397. The third kappa shape index (κ3) is 3.42. The van der Waals surface area contributed by atoms with Crippen LogP contribution in [0.5, 0.6) is 5.75 Å². The first-order chi connectivity index (χ1) is 9.60. The molecule has 0 aliphatic rings. The van der Waals surface area contributed by atoms with E-state index in [1.54, 1.807) is 7.05 Å². The maximum Gasteiger partial charge on any atom is 0.224 e. The van der Waals surface area contributed by atoms with Crippen LogP contribution in [0.3, 0.4) is 0 Å². The van der Waals surface area contributed by atoms with Crippen molar-refractivity contribution in [1.29, 1.82) is 0 Å². The lowest BCUT2D eigenvalue weighted by atomic mass is 10.1. The topological polar surface area (TPSA) is 64.1 Å². The zero-order valence-corrected chi connectivity index (χ0v) is 11.3. The molecule has 1 heterocycles. The predicted molar refractivity (Wildman–Crippen MR) is 72.8 cm³/mol. The number of carbonyl (C=O) groups is 1.